The molecule has 1 aromatic carbocycles. The summed E-state index contributed by atoms with van der Waals surface area (Å²) in [6.45, 7) is 25.6. The number of rotatable bonds is 16. The predicted octanol–water partition coefficient (Wildman–Crippen LogP) is 11.7. The molecule has 0 aromatic heterocycles. The lowest BCUT2D eigenvalue weighted by molar-refractivity contribution is -0.140. The molecule has 2 rings (SSSR count). The second-order valence-electron chi connectivity index (χ2n) is 16.1. The highest BCUT2D eigenvalue weighted by Gasteiger charge is 2.48. The number of hydrogen-bond donors (Lipinski definition) is 0. The molecule has 5 atom stereocenters. The lowest BCUT2D eigenvalue weighted by Crippen LogP contribution is -2.44. The summed E-state index contributed by atoms with van der Waals surface area (Å²) in [5, 5.41) is 0.356. The molecule has 0 bridgehead atoms. The Morgan fingerprint density at radius 3 is 2.11 bits per heavy atom. The molecule has 0 radical (unpaired) electrons. The molecule has 1 aromatic rings. The fourth-order valence-corrected chi connectivity index (χ4v) is 8.76. The van der Waals surface area contributed by atoms with Crippen LogP contribution in [0.25, 0.3) is 0 Å². The molecule has 0 amide bonds. The van der Waals surface area contributed by atoms with Crippen molar-refractivity contribution in [2.45, 2.75) is 166 Å². The Bertz CT molecular complexity index is 1040. The van der Waals surface area contributed by atoms with Crippen molar-refractivity contribution >= 4 is 34.2 Å². The van der Waals surface area contributed by atoms with E-state index >= 15 is 0 Å². The van der Waals surface area contributed by atoms with Crippen molar-refractivity contribution in [2.24, 2.45) is 5.92 Å². The summed E-state index contributed by atoms with van der Waals surface area (Å²) in [6.07, 6.45) is 13.3. The van der Waals surface area contributed by atoms with E-state index in [4.69, 9.17) is 25.2 Å². The van der Waals surface area contributed by atoms with Crippen LogP contribution in [0.5, 0.6) is 0 Å². The minimum absolute atomic E-state index is 0.0536. The van der Waals surface area contributed by atoms with Crippen molar-refractivity contribution in [3.8, 4) is 0 Å². The molecule has 1 saturated carbocycles. The van der Waals surface area contributed by atoms with Crippen molar-refractivity contribution in [2.75, 3.05) is 7.11 Å². The number of ether oxygens (including phenoxy) is 1. The molecule has 0 N–H and O–H groups in total. The number of alkyl halides is 1. The summed E-state index contributed by atoms with van der Waals surface area (Å²) in [7, 11) is -2.47. The van der Waals surface area contributed by atoms with Crippen molar-refractivity contribution in [1.29, 1.82) is 0 Å². The Morgan fingerprint density at radius 2 is 1.57 bits per heavy atom. The van der Waals surface area contributed by atoms with Crippen LogP contribution in [0.15, 0.2) is 36.4 Å². The van der Waals surface area contributed by atoms with E-state index in [1.54, 1.807) is 0 Å². The van der Waals surface area contributed by atoms with Crippen molar-refractivity contribution in [3.63, 3.8) is 0 Å². The SMILES string of the molecule is CCCCCC(O[Si](C)(C)C(C)(C)C)c1ccc([C@@H]2[C@@H](CC=CCCCC(=O)OC)[C@@H](Cl)C[C@H]2O[Si](C)(C)C(C)(C)C)cc1. The molecular formula is C37H65ClO4Si2. The maximum absolute atomic E-state index is 11.5. The maximum atomic E-state index is 11.5. The molecule has 7 heteroatoms. The minimum atomic E-state index is -2.00. The lowest BCUT2D eigenvalue weighted by atomic mass is 9.84. The Morgan fingerprint density at radius 1 is 0.955 bits per heavy atom. The number of methoxy groups -OCH3 is 1. The first-order valence-electron chi connectivity index (χ1n) is 17.2. The number of halogens is 1. The number of benzene rings is 1. The number of allylic oxidation sites excluding steroid dienone is 2. The summed E-state index contributed by atoms with van der Waals surface area (Å²) in [6, 6.07) is 9.32. The molecule has 0 spiro atoms. The van der Waals surface area contributed by atoms with Crippen molar-refractivity contribution < 1.29 is 18.4 Å². The number of esters is 1. The molecule has 1 aliphatic rings. The molecule has 44 heavy (non-hydrogen) atoms. The third-order valence-corrected chi connectivity index (χ3v) is 20.1. The Balaban J connectivity index is 2.37. The standard InChI is InChI=1S/C37H65ClO4Si2/c1-13-14-17-21-32(41-43(9,10)36(2,3)4)28-23-25-29(26-24-28)35-30(20-18-15-16-19-22-34(39)40-8)31(38)27-33(35)42-44(11,12)37(5,6)7/h15,18,23-26,30-33,35H,13-14,16-17,19-22,27H2,1-12H3/t30-,31-,32?,33+,35+/m0/s1. The number of carbonyl (C=O) groups is 1. The summed E-state index contributed by atoms with van der Waals surface area (Å²) < 4.78 is 18.9. The van der Waals surface area contributed by atoms with Gasteiger partial charge in [0.2, 0.25) is 0 Å². The maximum Gasteiger partial charge on any atom is 0.305 e. The molecule has 1 fully saturated rings. The predicted molar refractivity (Wildman–Crippen MR) is 194 cm³/mol. The summed E-state index contributed by atoms with van der Waals surface area (Å²) >= 11 is 7.15. The van der Waals surface area contributed by atoms with Gasteiger partial charge in [0.15, 0.2) is 16.6 Å². The van der Waals surface area contributed by atoms with E-state index < -0.39 is 16.6 Å². The normalized spacial score (nSPS) is 22.5. The number of unbranched alkanes of at least 4 members (excludes halogenated alkanes) is 3. The largest absolute Gasteiger partial charge is 0.469 e. The van der Waals surface area contributed by atoms with Crippen LogP contribution in [0.4, 0.5) is 0 Å². The molecule has 1 aliphatic carbocycles. The highest BCUT2D eigenvalue weighted by molar-refractivity contribution is 6.74. The molecule has 4 nitrogen and oxygen atoms in total. The molecule has 1 unspecified atom stereocenters. The zero-order valence-electron chi connectivity index (χ0n) is 30.2. The highest BCUT2D eigenvalue weighted by Crippen LogP contribution is 2.50. The van der Waals surface area contributed by atoms with E-state index in [1.165, 1.54) is 37.5 Å². The monoisotopic (exact) mass is 664 g/mol. The van der Waals surface area contributed by atoms with Gasteiger partial charge in [0.25, 0.3) is 0 Å². The van der Waals surface area contributed by atoms with Gasteiger partial charge in [-0.05, 0) is 85.4 Å². The van der Waals surface area contributed by atoms with Gasteiger partial charge in [-0.15, -0.1) is 11.6 Å². The van der Waals surface area contributed by atoms with Gasteiger partial charge in [-0.2, -0.15) is 0 Å². The summed E-state index contributed by atoms with van der Waals surface area (Å²) in [4.78, 5) is 11.5. The Labute approximate surface area is 278 Å². The third kappa shape index (κ3) is 11.1. The van der Waals surface area contributed by atoms with E-state index in [9.17, 15) is 4.79 Å². The van der Waals surface area contributed by atoms with E-state index in [2.05, 4.69) is 111 Å². The van der Waals surface area contributed by atoms with E-state index in [1.807, 2.05) is 0 Å². The van der Waals surface area contributed by atoms with Gasteiger partial charge in [0, 0.05) is 17.7 Å². The third-order valence-electron chi connectivity index (χ3n) is 10.6. The average Bonchev–Trinajstić information content (AvgIpc) is 3.22. The van der Waals surface area contributed by atoms with Gasteiger partial charge in [-0.25, -0.2) is 0 Å². The quantitative estimate of drug-likeness (QED) is 0.0580. The first kappa shape index (κ1) is 39.3. The van der Waals surface area contributed by atoms with E-state index in [0.29, 0.717) is 6.42 Å². The van der Waals surface area contributed by atoms with Crippen LogP contribution in [0.3, 0.4) is 0 Å². The van der Waals surface area contributed by atoms with Crippen LogP contribution < -0.4 is 0 Å². The first-order chi connectivity index (χ1) is 20.3. The van der Waals surface area contributed by atoms with E-state index in [-0.39, 0.29) is 45.5 Å². The summed E-state index contributed by atoms with van der Waals surface area (Å²) in [5.41, 5.74) is 2.61. The van der Waals surface area contributed by atoms with Gasteiger partial charge in [-0.1, -0.05) is 104 Å². The van der Waals surface area contributed by atoms with Crippen LogP contribution >= 0.6 is 11.6 Å². The van der Waals surface area contributed by atoms with Gasteiger partial charge >= 0.3 is 5.97 Å². The van der Waals surface area contributed by atoms with Crippen LogP contribution in [-0.2, 0) is 18.4 Å². The van der Waals surface area contributed by atoms with Crippen LogP contribution in [-0.4, -0.2) is 41.2 Å². The molecule has 0 heterocycles. The lowest BCUT2D eigenvalue weighted by Gasteiger charge is -2.40. The first-order valence-corrected chi connectivity index (χ1v) is 23.4. The smallest absolute Gasteiger partial charge is 0.305 e. The molecule has 252 valence electrons. The zero-order chi connectivity index (χ0) is 33.3. The van der Waals surface area contributed by atoms with Gasteiger partial charge in [0.05, 0.1) is 19.3 Å². The van der Waals surface area contributed by atoms with Gasteiger partial charge < -0.3 is 13.6 Å². The van der Waals surface area contributed by atoms with Crippen molar-refractivity contribution in [1.82, 2.24) is 0 Å². The molecule has 0 aliphatic heterocycles. The fraction of sp³-hybridized carbons (Fsp3) is 0.757. The van der Waals surface area contributed by atoms with Crippen LogP contribution in [0.2, 0.25) is 36.3 Å². The summed E-state index contributed by atoms with van der Waals surface area (Å²) in [5.74, 6) is 0.379. The minimum Gasteiger partial charge on any atom is -0.469 e. The van der Waals surface area contributed by atoms with Crippen LogP contribution in [0.1, 0.15) is 129 Å². The van der Waals surface area contributed by atoms with Gasteiger partial charge in [0.1, 0.15) is 0 Å². The molecular weight excluding hydrogens is 600 g/mol. The number of hydrogen-bond acceptors (Lipinski definition) is 4. The number of carbonyl (C=O) groups excluding carboxylic acids is 1. The average molecular weight is 666 g/mol. The van der Waals surface area contributed by atoms with E-state index in [0.717, 1.165) is 32.1 Å². The highest BCUT2D eigenvalue weighted by atomic mass is 35.5. The topological polar surface area (TPSA) is 44.8 Å². The Hall–Kier alpha value is -0.926. The second kappa shape index (κ2) is 16.8. The zero-order valence-corrected chi connectivity index (χ0v) is 33.0. The van der Waals surface area contributed by atoms with Crippen molar-refractivity contribution in [3.05, 3.63) is 47.5 Å². The van der Waals surface area contributed by atoms with Crippen LogP contribution in [0, 0.1) is 5.92 Å². The second-order valence-corrected chi connectivity index (χ2v) is 26.1. The molecule has 0 saturated heterocycles. The van der Waals surface area contributed by atoms with Gasteiger partial charge in [-0.3, -0.25) is 4.79 Å². The Kier molecular flexibility index (Phi) is 15.0. The fourth-order valence-electron chi connectivity index (χ4n) is 5.65.